The minimum Gasteiger partial charge on any atom is -0.394 e. The van der Waals surface area contributed by atoms with E-state index in [9.17, 15) is 4.57 Å². The van der Waals surface area contributed by atoms with E-state index in [4.69, 9.17) is 30.2 Å². The molecular weight excluding hydrogens is 215 g/mol. The van der Waals surface area contributed by atoms with Crippen LogP contribution in [-0.4, -0.2) is 61.3 Å². The molecule has 0 amide bonds. The molecule has 14 heavy (non-hydrogen) atoms. The zero-order valence-corrected chi connectivity index (χ0v) is 8.29. The first-order valence-electron chi connectivity index (χ1n) is 3.97. The van der Waals surface area contributed by atoms with E-state index in [0.717, 1.165) is 0 Å². The normalized spacial score (nSPS) is 19.0. The SMILES string of the molecule is O=P(O)(O)CCC(O)C(O)C(O)CO. The van der Waals surface area contributed by atoms with Crippen LogP contribution < -0.4 is 0 Å². The summed E-state index contributed by atoms with van der Waals surface area (Å²) in [5.74, 6) is 0. The molecule has 0 bridgehead atoms. The maximum absolute atomic E-state index is 10.4. The average molecular weight is 230 g/mol. The molecule has 0 aliphatic rings. The van der Waals surface area contributed by atoms with E-state index in [2.05, 4.69) is 0 Å². The van der Waals surface area contributed by atoms with Crippen molar-refractivity contribution >= 4 is 7.60 Å². The Kier molecular flexibility index (Phi) is 5.77. The van der Waals surface area contributed by atoms with E-state index in [1.165, 1.54) is 0 Å². The van der Waals surface area contributed by atoms with Crippen molar-refractivity contribution in [3.05, 3.63) is 0 Å². The second kappa shape index (κ2) is 5.77. The van der Waals surface area contributed by atoms with Gasteiger partial charge in [0.15, 0.2) is 0 Å². The quantitative estimate of drug-likeness (QED) is 0.280. The summed E-state index contributed by atoms with van der Waals surface area (Å²) in [6.07, 6.45) is -5.51. The van der Waals surface area contributed by atoms with Crippen molar-refractivity contribution in [2.24, 2.45) is 0 Å². The van der Waals surface area contributed by atoms with Crippen molar-refractivity contribution in [3.8, 4) is 0 Å². The van der Waals surface area contributed by atoms with Crippen molar-refractivity contribution < 1.29 is 34.8 Å². The number of hydrogen-bond acceptors (Lipinski definition) is 5. The molecule has 0 spiro atoms. The molecule has 0 rings (SSSR count). The van der Waals surface area contributed by atoms with Gasteiger partial charge < -0.3 is 30.2 Å². The summed E-state index contributed by atoms with van der Waals surface area (Å²) in [5.41, 5.74) is 0. The molecular formula is C6H15O7P. The minimum absolute atomic E-state index is 0.345. The molecule has 0 saturated carbocycles. The lowest BCUT2D eigenvalue weighted by Crippen LogP contribution is -2.39. The maximum Gasteiger partial charge on any atom is 0.325 e. The molecule has 0 aromatic heterocycles. The van der Waals surface area contributed by atoms with Crippen molar-refractivity contribution in [1.82, 2.24) is 0 Å². The van der Waals surface area contributed by atoms with Crippen LogP contribution in [0.5, 0.6) is 0 Å². The zero-order valence-electron chi connectivity index (χ0n) is 7.39. The van der Waals surface area contributed by atoms with Crippen LogP contribution in [0.25, 0.3) is 0 Å². The average Bonchev–Trinajstić information content (AvgIpc) is 2.10. The van der Waals surface area contributed by atoms with Gasteiger partial charge in [0, 0.05) is 0 Å². The van der Waals surface area contributed by atoms with Crippen LogP contribution in [-0.2, 0) is 4.57 Å². The van der Waals surface area contributed by atoms with Gasteiger partial charge in [-0.1, -0.05) is 0 Å². The summed E-state index contributed by atoms with van der Waals surface area (Å²) in [6, 6.07) is 0. The van der Waals surface area contributed by atoms with Gasteiger partial charge in [0.05, 0.1) is 18.9 Å². The van der Waals surface area contributed by atoms with Gasteiger partial charge in [-0.25, -0.2) is 0 Å². The first kappa shape index (κ1) is 14.0. The van der Waals surface area contributed by atoms with Gasteiger partial charge >= 0.3 is 7.60 Å². The van der Waals surface area contributed by atoms with Gasteiger partial charge in [0.1, 0.15) is 12.2 Å². The van der Waals surface area contributed by atoms with E-state index in [1.807, 2.05) is 0 Å². The van der Waals surface area contributed by atoms with Crippen molar-refractivity contribution in [2.75, 3.05) is 12.8 Å². The van der Waals surface area contributed by atoms with Gasteiger partial charge in [-0.05, 0) is 6.42 Å². The molecule has 86 valence electrons. The molecule has 0 heterocycles. The molecule has 7 nitrogen and oxygen atoms in total. The Morgan fingerprint density at radius 3 is 1.93 bits per heavy atom. The Labute approximate surface area is 80.8 Å². The fourth-order valence-corrected chi connectivity index (χ4v) is 1.44. The maximum atomic E-state index is 10.4. The smallest absolute Gasteiger partial charge is 0.325 e. The Bertz CT molecular complexity index is 202. The molecule has 0 fully saturated rings. The highest BCUT2D eigenvalue weighted by molar-refractivity contribution is 7.51. The third-order valence-electron chi connectivity index (χ3n) is 1.69. The molecule has 0 radical (unpaired) electrons. The highest BCUT2D eigenvalue weighted by atomic mass is 31.2. The lowest BCUT2D eigenvalue weighted by atomic mass is 10.1. The molecule has 0 aromatic rings. The molecule has 3 atom stereocenters. The molecule has 0 aliphatic heterocycles. The van der Waals surface area contributed by atoms with Crippen LogP contribution in [0.2, 0.25) is 0 Å². The first-order chi connectivity index (χ1) is 6.28. The lowest BCUT2D eigenvalue weighted by molar-refractivity contribution is -0.0767. The third-order valence-corrected chi connectivity index (χ3v) is 2.53. The van der Waals surface area contributed by atoms with Gasteiger partial charge in [0.25, 0.3) is 0 Å². The Morgan fingerprint density at radius 1 is 1.07 bits per heavy atom. The van der Waals surface area contributed by atoms with Crippen LogP contribution in [0.15, 0.2) is 0 Å². The van der Waals surface area contributed by atoms with Crippen LogP contribution in [0, 0.1) is 0 Å². The van der Waals surface area contributed by atoms with Gasteiger partial charge in [-0.2, -0.15) is 0 Å². The number of hydrogen-bond donors (Lipinski definition) is 6. The number of aliphatic hydroxyl groups is 4. The Hall–Kier alpha value is -0.0100. The fourth-order valence-electron chi connectivity index (χ4n) is 0.836. The van der Waals surface area contributed by atoms with Crippen molar-refractivity contribution in [2.45, 2.75) is 24.7 Å². The molecule has 0 aliphatic carbocycles. The van der Waals surface area contributed by atoms with E-state index < -0.39 is 38.7 Å². The van der Waals surface area contributed by atoms with E-state index >= 15 is 0 Å². The summed E-state index contributed by atoms with van der Waals surface area (Å²) in [4.78, 5) is 16.9. The van der Waals surface area contributed by atoms with Crippen LogP contribution in [0.4, 0.5) is 0 Å². The van der Waals surface area contributed by atoms with E-state index in [-0.39, 0.29) is 6.42 Å². The number of rotatable bonds is 6. The summed E-state index contributed by atoms with van der Waals surface area (Å²) >= 11 is 0. The van der Waals surface area contributed by atoms with E-state index in [0.29, 0.717) is 0 Å². The summed E-state index contributed by atoms with van der Waals surface area (Å²) in [5, 5.41) is 35.5. The number of aliphatic hydroxyl groups excluding tert-OH is 4. The van der Waals surface area contributed by atoms with Crippen molar-refractivity contribution in [3.63, 3.8) is 0 Å². The van der Waals surface area contributed by atoms with Gasteiger partial charge in [0.2, 0.25) is 0 Å². The molecule has 3 unspecified atom stereocenters. The highest BCUT2D eigenvalue weighted by Gasteiger charge is 2.26. The van der Waals surface area contributed by atoms with Gasteiger partial charge in [-0.15, -0.1) is 0 Å². The fraction of sp³-hybridized carbons (Fsp3) is 1.00. The summed E-state index contributed by atoms with van der Waals surface area (Å²) < 4.78 is 10.4. The summed E-state index contributed by atoms with van der Waals surface area (Å²) in [6.45, 7) is -0.728. The highest BCUT2D eigenvalue weighted by Crippen LogP contribution is 2.35. The lowest BCUT2D eigenvalue weighted by Gasteiger charge is -2.21. The van der Waals surface area contributed by atoms with Crippen LogP contribution in [0.1, 0.15) is 6.42 Å². The van der Waals surface area contributed by atoms with Crippen molar-refractivity contribution in [1.29, 1.82) is 0 Å². The van der Waals surface area contributed by atoms with E-state index in [1.54, 1.807) is 0 Å². The predicted octanol–water partition coefficient (Wildman–Crippen LogP) is -2.37. The molecule has 8 heteroatoms. The third kappa shape index (κ3) is 5.66. The largest absolute Gasteiger partial charge is 0.394 e. The second-order valence-corrected chi connectivity index (χ2v) is 4.76. The minimum atomic E-state index is -4.21. The van der Waals surface area contributed by atoms with Gasteiger partial charge in [-0.3, -0.25) is 4.57 Å². The zero-order chi connectivity index (χ0) is 11.4. The van der Waals surface area contributed by atoms with Crippen LogP contribution in [0.3, 0.4) is 0 Å². The monoisotopic (exact) mass is 230 g/mol. The molecule has 0 saturated heterocycles. The Morgan fingerprint density at radius 2 is 1.57 bits per heavy atom. The Balaban J connectivity index is 3.96. The topological polar surface area (TPSA) is 138 Å². The first-order valence-corrected chi connectivity index (χ1v) is 5.77. The molecule has 6 N–H and O–H groups in total. The van der Waals surface area contributed by atoms with Crippen LogP contribution >= 0.6 is 7.60 Å². The second-order valence-electron chi connectivity index (χ2n) is 2.98. The standard InChI is InChI=1S/C6H15O7P/c7-3-5(9)6(10)4(8)1-2-14(11,12)13/h4-10H,1-3H2,(H2,11,12,13). The predicted molar refractivity (Wildman–Crippen MR) is 46.6 cm³/mol. The molecule has 0 aromatic carbocycles. The summed E-state index contributed by atoms with van der Waals surface area (Å²) in [7, 11) is -4.21.